The Hall–Kier alpha value is -1.47. The Morgan fingerprint density at radius 1 is 1.25 bits per heavy atom. The molecule has 0 saturated carbocycles. The number of hydrogen-bond acceptors (Lipinski definition) is 7. The van der Waals surface area contributed by atoms with Crippen molar-refractivity contribution < 1.29 is 0 Å². The van der Waals surface area contributed by atoms with Crippen LogP contribution in [-0.2, 0) is 6.54 Å². The van der Waals surface area contributed by atoms with E-state index in [1.165, 1.54) is 12.8 Å². The first-order valence-corrected chi connectivity index (χ1v) is 7.24. The zero-order valence-electron chi connectivity index (χ0n) is 12.3. The molecule has 1 saturated heterocycles. The monoisotopic (exact) mass is 279 g/mol. The van der Waals surface area contributed by atoms with E-state index in [4.69, 9.17) is 11.5 Å². The average molecular weight is 279 g/mol. The SMILES string of the molecule is CC(C)NCC1CCCN(Cc2nc(N)nc(N)n2)C1. The topological polar surface area (TPSA) is 106 Å². The molecular formula is C13H25N7. The number of aromatic nitrogens is 3. The normalized spacial score (nSPS) is 20.4. The third-order valence-corrected chi connectivity index (χ3v) is 3.50. The van der Waals surface area contributed by atoms with Crippen molar-refractivity contribution in [3.63, 3.8) is 0 Å². The lowest BCUT2D eigenvalue weighted by Gasteiger charge is -2.32. The number of nitrogens with one attached hydrogen (secondary N) is 1. The van der Waals surface area contributed by atoms with Gasteiger partial charge in [-0.1, -0.05) is 13.8 Å². The van der Waals surface area contributed by atoms with Gasteiger partial charge in [0.2, 0.25) is 11.9 Å². The Balaban J connectivity index is 1.89. The zero-order chi connectivity index (χ0) is 14.5. The van der Waals surface area contributed by atoms with E-state index < -0.39 is 0 Å². The number of rotatable bonds is 5. The van der Waals surface area contributed by atoms with Crippen LogP contribution in [0.15, 0.2) is 0 Å². The van der Waals surface area contributed by atoms with E-state index >= 15 is 0 Å². The molecule has 0 aromatic carbocycles. The molecule has 1 aromatic heterocycles. The van der Waals surface area contributed by atoms with E-state index in [9.17, 15) is 0 Å². The summed E-state index contributed by atoms with van der Waals surface area (Å²) in [5.41, 5.74) is 11.2. The van der Waals surface area contributed by atoms with E-state index in [1.807, 2.05) is 0 Å². The Morgan fingerprint density at radius 2 is 1.95 bits per heavy atom. The maximum Gasteiger partial charge on any atom is 0.225 e. The highest BCUT2D eigenvalue weighted by molar-refractivity contribution is 5.25. The fraction of sp³-hybridized carbons (Fsp3) is 0.769. The molecule has 7 heteroatoms. The van der Waals surface area contributed by atoms with E-state index in [0.717, 1.165) is 19.6 Å². The van der Waals surface area contributed by atoms with Gasteiger partial charge < -0.3 is 16.8 Å². The van der Waals surface area contributed by atoms with E-state index in [0.29, 0.717) is 24.3 Å². The number of piperidine rings is 1. The van der Waals surface area contributed by atoms with E-state index in [1.54, 1.807) is 0 Å². The van der Waals surface area contributed by atoms with Crippen LogP contribution in [0.5, 0.6) is 0 Å². The summed E-state index contributed by atoms with van der Waals surface area (Å²) in [6.45, 7) is 8.24. The molecule has 1 aromatic rings. The molecule has 1 fully saturated rings. The smallest absolute Gasteiger partial charge is 0.225 e. The Kier molecular flexibility index (Phi) is 5.08. The van der Waals surface area contributed by atoms with Gasteiger partial charge >= 0.3 is 0 Å². The van der Waals surface area contributed by atoms with Crippen molar-refractivity contribution in [2.45, 2.75) is 39.3 Å². The van der Waals surface area contributed by atoms with Crippen LogP contribution in [0.1, 0.15) is 32.5 Å². The fourth-order valence-electron chi connectivity index (χ4n) is 2.59. The minimum Gasteiger partial charge on any atom is -0.368 e. The average Bonchev–Trinajstić information content (AvgIpc) is 2.35. The molecule has 1 unspecified atom stereocenters. The van der Waals surface area contributed by atoms with Gasteiger partial charge in [0.05, 0.1) is 6.54 Å². The third-order valence-electron chi connectivity index (χ3n) is 3.50. The van der Waals surface area contributed by atoms with Crippen molar-refractivity contribution in [3.05, 3.63) is 5.82 Å². The van der Waals surface area contributed by atoms with E-state index in [-0.39, 0.29) is 11.9 Å². The lowest BCUT2D eigenvalue weighted by atomic mass is 9.98. The van der Waals surface area contributed by atoms with Crippen LogP contribution < -0.4 is 16.8 Å². The molecule has 2 heterocycles. The molecule has 20 heavy (non-hydrogen) atoms. The van der Waals surface area contributed by atoms with Crippen LogP contribution in [0.25, 0.3) is 0 Å². The zero-order valence-corrected chi connectivity index (χ0v) is 12.3. The molecular weight excluding hydrogens is 254 g/mol. The number of nitrogen functional groups attached to an aromatic ring is 2. The van der Waals surface area contributed by atoms with Gasteiger partial charge in [0.1, 0.15) is 5.82 Å². The van der Waals surface area contributed by atoms with E-state index in [2.05, 4.69) is 39.0 Å². The lowest BCUT2D eigenvalue weighted by Crippen LogP contribution is -2.40. The molecule has 0 amide bonds. The highest BCUT2D eigenvalue weighted by atomic mass is 15.2. The van der Waals surface area contributed by atoms with Crippen molar-refractivity contribution in [3.8, 4) is 0 Å². The first-order chi connectivity index (χ1) is 9.52. The molecule has 7 nitrogen and oxygen atoms in total. The third kappa shape index (κ3) is 4.57. The van der Waals surface area contributed by atoms with Crippen LogP contribution in [-0.4, -0.2) is 45.5 Å². The molecule has 5 N–H and O–H groups in total. The van der Waals surface area contributed by atoms with Crippen LogP contribution in [0.3, 0.4) is 0 Å². The second-order valence-corrected chi connectivity index (χ2v) is 5.77. The highest BCUT2D eigenvalue weighted by Gasteiger charge is 2.21. The summed E-state index contributed by atoms with van der Waals surface area (Å²) < 4.78 is 0. The second-order valence-electron chi connectivity index (χ2n) is 5.77. The number of nitrogens with zero attached hydrogens (tertiary/aromatic N) is 4. The first-order valence-electron chi connectivity index (χ1n) is 7.24. The molecule has 1 atom stereocenters. The molecule has 0 bridgehead atoms. The maximum atomic E-state index is 5.60. The van der Waals surface area contributed by atoms with Crippen LogP contribution in [0.4, 0.5) is 11.9 Å². The van der Waals surface area contributed by atoms with Gasteiger partial charge in [-0.2, -0.15) is 15.0 Å². The predicted octanol–water partition coefficient (Wildman–Crippen LogP) is 0.246. The van der Waals surface area contributed by atoms with Gasteiger partial charge in [0, 0.05) is 12.6 Å². The minimum atomic E-state index is 0.197. The van der Waals surface area contributed by atoms with Gasteiger partial charge in [-0.3, -0.25) is 4.90 Å². The van der Waals surface area contributed by atoms with Crippen molar-refractivity contribution >= 4 is 11.9 Å². The Morgan fingerprint density at radius 3 is 2.60 bits per heavy atom. The van der Waals surface area contributed by atoms with Crippen LogP contribution in [0, 0.1) is 5.92 Å². The highest BCUT2D eigenvalue weighted by Crippen LogP contribution is 2.17. The quantitative estimate of drug-likeness (QED) is 0.709. The minimum absolute atomic E-state index is 0.197. The summed E-state index contributed by atoms with van der Waals surface area (Å²) in [4.78, 5) is 14.5. The summed E-state index contributed by atoms with van der Waals surface area (Å²) in [6, 6.07) is 0.536. The molecule has 0 spiro atoms. The lowest BCUT2D eigenvalue weighted by molar-refractivity contribution is 0.160. The molecule has 112 valence electrons. The largest absolute Gasteiger partial charge is 0.368 e. The number of anilines is 2. The summed E-state index contributed by atoms with van der Waals surface area (Å²) in [6.07, 6.45) is 2.48. The van der Waals surface area contributed by atoms with Crippen LogP contribution >= 0.6 is 0 Å². The van der Waals surface area contributed by atoms with Gasteiger partial charge in [-0.25, -0.2) is 0 Å². The summed E-state index contributed by atoms with van der Waals surface area (Å²) in [5.74, 6) is 1.74. The number of hydrogen-bond donors (Lipinski definition) is 3. The van der Waals surface area contributed by atoms with Gasteiger partial charge in [-0.15, -0.1) is 0 Å². The second kappa shape index (κ2) is 6.81. The van der Waals surface area contributed by atoms with Gasteiger partial charge in [0.25, 0.3) is 0 Å². The fourth-order valence-corrected chi connectivity index (χ4v) is 2.59. The van der Waals surface area contributed by atoms with Crippen molar-refractivity contribution in [2.24, 2.45) is 5.92 Å². The molecule has 0 aliphatic carbocycles. The standard InChI is InChI=1S/C13H25N7/c1-9(2)16-6-10-4-3-5-20(7-10)8-11-17-12(14)19-13(15)18-11/h9-10,16H,3-8H2,1-2H3,(H4,14,15,17,18,19). The first kappa shape index (κ1) is 14.9. The summed E-state index contributed by atoms with van der Waals surface area (Å²) in [7, 11) is 0. The molecule has 0 radical (unpaired) electrons. The maximum absolute atomic E-state index is 5.60. The van der Waals surface area contributed by atoms with Crippen molar-refractivity contribution in [2.75, 3.05) is 31.1 Å². The predicted molar refractivity (Wildman–Crippen MR) is 79.8 cm³/mol. The van der Waals surface area contributed by atoms with Gasteiger partial charge in [-0.05, 0) is 31.8 Å². The summed E-state index contributed by atoms with van der Waals surface area (Å²) >= 11 is 0. The Bertz CT molecular complexity index is 414. The number of nitrogens with two attached hydrogens (primary N) is 2. The van der Waals surface area contributed by atoms with Crippen molar-refractivity contribution in [1.29, 1.82) is 0 Å². The van der Waals surface area contributed by atoms with Gasteiger partial charge in [0.15, 0.2) is 0 Å². The molecule has 2 rings (SSSR count). The number of likely N-dealkylation sites (tertiary alicyclic amines) is 1. The summed E-state index contributed by atoms with van der Waals surface area (Å²) in [5, 5.41) is 3.51. The van der Waals surface area contributed by atoms with Crippen LogP contribution in [0.2, 0.25) is 0 Å². The molecule has 1 aliphatic heterocycles. The van der Waals surface area contributed by atoms with Crippen molar-refractivity contribution in [1.82, 2.24) is 25.2 Å². The Labute approximate surface area is 120 Å². The molecule has 1 aliphatic rings.